The van der Waals surface area contributed by atoms with E-state index in [1.54, 1.807) is 20.8 Å². The van der Waals surface area contributed by atoms with Gasteiger partial charge < -0.3 is 4.43 Å². The molecule has 0 N–H and O–H groups in total. The summed E-state index contributed by atoms with van der Waals surface area (Å²) in [5.74, 6) is -2.64. The minimum atomic E-state index is -2.76. The summed E-state index contributed by atoms with van der Waals surface area (Å²) in [7, 11) is -2.76. The summed E-state index contributed by atoms with van der Waals surface area (Å²) in [4.78, 5) is 37.8. The Morgan fingerprint density at radius 2 is 1.24 bits per heavy atom. The third-order valence-electron chi connectivity index (χ3n) is 6.56. The van der Waals surface area contributed by atoms with E-state index < -0.39 is 26.1 Å². The first-order valence-corrected chi connectivity index (χ1v) is 13.7. The average molecular weight is 467 g/mol. The van der Waals surface area contributed by atoms with Gasteiger partial charge in [0.05, 0.1) is 11.8 Å². The Morgan fingerprint density at radius 3 is 1.64 bits per heavy atom. The van der Waals surface area contributed by atoms with Crippen LogP contribution in [0.4, 0.5) is 0 Å². The van der Waals surface area contributed by atoms with Gasteiger partial charge in [-0.2, -0.15) is 0 Å². The number of carbonyl (C=O) groups excluding carboxylic acids is 3. The Labute approximate surface area is 199 Å². The smallest absolute Gasteiger partial charge is 0.261 e. The molecule has 3 atom stereocenters. The van der Waals surface area contributed by atoms with Crippen molar-refractivity contribution < 1.29 is 18.8 Å². The fraction of sp³-hybridized carbons (Fsp3) is 0.464. The molecule has 5 heteroatoms. The molecule has 0 saturated carbocycles. The predicted molar refractivity (Wildman–Crippen MR) is 136 cm³/mol. The maximum Gasteiger partial charge on any atom is 0.261 e. The van der Waals surface area contributed by atoms with Crippen LogP contribution in [0, 0.1) is 17.8 Å². The summed E-state index contributed by atoms with van der Waals surface area (Å²) in [6.07, 6.45) is 0.292. The predicted octanol–water partition coefficient (Wildman–Crippen LogP) is 4.59. The van der Waals surface area contributed by atoms with E-state index in [9.17, 15) is 14.4 Å². The van der Waals surface area contributed by atoms with Crippen molar-refractivity contribution in [1.29, 1.82) is 0 Å². The third kappa shape index (κ3) is 5.77. The van der Waals surface area contributed by atoms with E-state index in [2.05, 4.69) is 45.0 Å². The van der Waals surface area contributed by atoms with Crippen LogP contribution in [-0.4, -0.2) is 32.3 Å². The van der Waals surface area contributed by atoms with E-state index in [0.29, 0.717) is 6.42 Å². The van der Waals surface area contributed by atoms with Gasteiger partial charge in [-0.1, -0.05) is 95.3 Å². The molecule has 0 saturated heterocycles. The minimum Gasteiger partial charge on any atom is -0.407 e. The highest BCUT2D eigenvalue weighted by atomic mass is 28.4. The number of hydrogen-bond donors (Lipinski definition) is 0. The number of benzene rings is 2. The van der Waals surface area contributed by atoms with Crippen LogP contribution in [-0.2, 0) is 18.8 Å². The van der Waals surface area contributed by atoms with E-state index in [1.165, 1.54) is 0 Å². The molecule has 0 radical (unpaired) electrons. The molecule has 3 unspecified atom stereocenters. The SMILES string of the molecule is CCC(=O)C(C)C(=O)C(C)C(=O)C(C)CO[Si](c1ccccc1)(c1ccccc1)C(C)(C)C. The summed E-state index contributed by atoms with van der Waals surface area (Å²) >= 11 is 0. The molecule has 33 heavy (non-hydrogen) atoms. The van der Waals surface area contributed by atoms with Crippen molar-refractivity contribution in [3.63, 3.8) is 0 Å². The second-order valence-corrected chi connectivity index (χ2v) is 14.2. The van der Waals surface area contributed by atoms with Crippen molar-refractivity contribution in [3.05, 3.63) is 60.7 Å². The van der Waals surface area contributed by atoms with Crippen molar-refractivity contribution in [3.8, 4) is 0 Å². The van der Waals surface area contributed by atoms with Gasteiger partial charge in [0.15, 0.2) is 5.78 Å². The average Bonchev–Trinajstić information content (AvgIpc) is 2.82. The van der Waals surface area contributed by atoms with E-state index in [-0.39, 0.29) is 29.0 Å². The zero-order valence-corrected chi connectivity index (χ0v) is 22.1. The van der Waals surface area contributed by atoms with Gasteiger partial charge in [-0.25, -0.2) is 0 Å². The van der Waals surface area contributed by atoms with Crippen LogP contribution in [0.3, 0.4) is 0 Å². The molecule has 4 nitrogen and oxygen atoms in total. The highest BCUT2D eigenvalue weighted by molar-refractivity contribution is 6.99. The monoisotopic (exact) mass is 466 g/mol. The molecule has 0 fully saturated rings. The van der Waals surface area contributed by atoms with Gasteiger partial charge in [-0.05, 0) is 29.3 Å². The van der Waals surface area contributed by atoms with Crippen LogP contribution in [0.5, 0.6) is 0 Å². The lowest BCUT2D eigenvalue weighted by atomic mass is 9.85. The first-order valence-electron chi connectivity index (χ1n) is 11.8. The molecule has 0 aromatic heterocycles. The number of rotatable bonds is 11. The molecule has 0 aliphatic heterocycles. The van der Waals surface area contributed by atoms with Crippen LogP contribution in [0.1, 0.15) is 54.9 Å². The summed E-state index contributed by atoms with van der Waals surface area (Å²) in [6.45, 7) is 13.6. The Balaban J connectivity index is 2.36. The molecule has 0 aliphatic carbocycles. The summed E-state index contributed by atoms with van der Waals surface area (Å²) in [6, 6.07) is 20.5. The van der Waals surface area contributed by atoms with Gasteiger partial charge in [-0.15, -0.1) is 0 Å². The molecule has 178 valence electrons. The lowest BCUT2D eigenvalue weighted by Crippen LogP contribution is -2.67. The van der Waals surface area contributed by atoms with Crippen molar-refractivity contribution >= 4 is 36.0 Å². The molecule has 0 heterocycles. The van der Waals surface area contributed by atoms with Crippen LogP contribution < -0.4 is 10.4 Å². The molecule has 2 aromatic carbocycles. The fourth-order valence-corrected chi connectivity index (χ4v) is 9.16. The molecular formula is C28H38O4Si. The summed E-state index contributed by atoms with van der Waals surface area (Å²) in [5.41, 5.74) is 0. The topological polar surface area (TPSA) is 60.4 Å². The Hall–Kier alpha value is -2.37. The van der Waals surface area contributed by atoms with E-state index >= 15 is 0 Å². The first-order chi connectivity index (χ1) is 15.5. The first kappa shape index (κ1) is 26.9. The van der Waals surface area contributed by atoms with Gasteiger partial charge >= 0.3 is 0 Å². The standard InChI is InChI=1S/C28H38O4Si/c1-8-25(29)21(3)27(31)22(4)26(30)20(2)19-32-33(28(5,6)7,23-15-11-9-12-16-23)24-17-13-10-14-18-24/h9-18,20-22H,8,19H2,1-7H3. The normalized spacial score (nSPS) is 14.9. The van der Waals surface area contributed by atoms with Crippen molar-refractivity contribution in [1.82, 2.24) is 0 Å². The van der Waals surface area contributed by atoms with Crippen molar-refractivity contribution in [2.24, 2.45) is 17.8 Å². The van der Waals surface area contributed by atoms with Gasteiger partial charge in [0.25, 0.3) is 8.32 Å². The minimum absolute atomic E-state index is 0.129. The van der Waals surface area contributed by atoms with Crippen LogP contribution >= 0.6 is 0 Å². The highest BCUT2D eigenvalue weighted by Crippen LogP contribution is 2.37. The number of carbonyl (C=O) groups is 3. The quantitative estimate of drug-likeness (QED) is 0.359. The van der Waals surface area contributed by atoms with Crippen LogP contribution in [0.2, 0.25) is 5.04 Å². The maximum atomic E-state index is 13.1. The Bertz CT molecular complexity index is 907. The Kier molecular flexibility index (Phi) is 9.10. The summed E-state index contributed by atoms with van der Waals surface area (Å²) < 4.78 is 6.85. The van der Waals surface area contributed by atoms with E-state index in [4.69, 9.17) is 4.43 Å². The third-order valence-corrected chi connectivity index (χ3v) is 11.6. The molecule has 0 spiro atoms. The zero-order valence-electron chi connectivity index (χ0n) is 21.1. The van der Waals surface area contributed by atoms with Crippen LogP contribution in [0.15, 0.2) is 60.7 Å². The maximum absolute atomic E-state index is 13.1. The van der Waals surface area contributed by atoms with Gasteiger partial charge in [0.2, 0.25) is 0 Å². The molecular weight excluding hydrogens is 428 g/mol. The van der Waals surface area contributed by atoms with E-state index in [0.717, 1.165) is 10.4 Å². The largest absolute Gasteiger partial charge is 0.407 e. The fourth-order valence-electron chi connectivity index (χ4n) is 4.50. The summed E-state index contributed by atoms with van der Waals surface area (Å²) in [5, 5.41) is 2.10. The number of Topliss-reactive ketones (excluding diaryl/α,β-unsaturated/α-hetero) is 3. The van der Waals surface area contributed by atoms with Gasteiger partial charge in [0, 0.05) is 18.9 Å². The van der Waals surface area contributed by atoms with Crippen molar-refractivity contribution in [2.75, 3.05) is 6.61 Å². The molecule has 2 aromatic rings. The lowest BCUT2D eigenvalue weighted by molar-refractivity contribution is -0.139. The van der Waals surface area contributed by atoms with Crippen molar-refractivity contribution in [2.45, 2.75) is 59.9 Å². The zero-order chi connectivity index (χ0) is 24.8. The second-order valence-electron chi connectivity index (χ2n) is 9.94. The van der Waals surface area contributed by atoms with Crippen LogP contribution in [0.25, 0.3) is 0 Å². The van der Waals surface area contributed by atoms with E-state index in [1.807, 2.05) is 43.3 Å². The van der Waals surface area contributed by atoms with Gasteiger partial charge in [0.1, 0.15) is 11.6 Å². The highest BCUT2D eigenvalue weighted by Gasteiger charge is 2.50. The van der Waals surface area contributed by atoms with Gasteiger partial charge in [-0.3, -0.25) is 14.4 Å². The molecule has 2 rings (SSSR count). The Morgan fingerprint density at radius 1 is 0.788 bits per heavy atom. The number of hydrogen-bond acceptors (Lipinski definition) is 4. The molecule has 0 bridgehead atoms. The number of ketones is 3. The second kappa shape index (κ2) is 11.2. The molecule has 0 aliphatic rings. The lowest BCUT2D eigenvalue weighted by Gasteiger charge is -2.43. The molecule has 0 amide bonds.